The molecule has 2 atom stereocenters. The third-order valence-corrected chi connectivity index (χ3v) is 6.82. The van der Waals surface area contributed by atoms with Crippen LogP contribution in [0.15, 0.2) is 12.5 Å². The molecule has 4 N–H and O–H groups in total. The van der Waals surface area contributed by atoms with Crippen molar-refractivity contribution in [3.63, 3.8) is 0 Å². The number of nitrogens with one attached hydrogen (secondary N) is 1. The van der Waals surface area contributed by atoms with E-state index in [1.54, 1.807) is 0 Å². The molecular formula is C14H21N3O3S2. The van der Waals surface area contributed by atoms with E-state index in [1.165, 1.54) is 24.7 Å². The summed E-state index contributed by atoms with van der Waals surface area (Å²) in [7, 11) is 3.82. The maximum absolute atomic E-state index is 12.3. The van der Waals surface area contributed by atoms with E-state index in [9.17, 15) is 14.7 Å². The van der Waals surface area contributed by atoms with Crippen LogP contribution in [-0.4, -0.2) is 43.4 Å². The van der Waals surface area contributed by atoms with E-state index in [4.69, 9.17) is 5.73 Å². The van der Waals surface area contributed by atoms with E-state index in [-0.39, 0.29) is 12.8 Å². The minimum Gasteiger partial charge on any atom is -0.480 e. The number of unbranched alkanes of at least 4 members (excludes halogenated alkanes) is 1. The summed E-state index contributed by atoms with van der Waals surface area (Å²) in [5, 5.41) is 10.0. The first-order valence-corrected chi connectivity index (χ1v) is 9.71. The number of aromatic nitrogens is 2. The van der Waals surface area contributed by atoms with Gasteiger partial charge >= 0.3 is 5.97 Å². The van der Waals surface area contributed by atoms with Gasteiger partial charge in [0, 0.05) is 35.7 Å². The van der Waals surface area contributed by atoms with Crippen LogP contribution in [-0.2, 0) is 16.0 Å². The number of aliphatic carboxylic acids is 1. The van der Waals surface area contributed by atoms with Crippen LogP contribution in [0.1, 0.15) is 37.8 Å². The lowest BCUT2D eigenvalue weighted by Crippen LogP contribution is -2.56. The van der Waals surface area contributed by atoms with Crippen LogP contribution in [0.4, 0.5) is 0 Å². The van der Waals surface area contributed by atoms with Gasteiger partial charge in [-0.1, -0.05) is 28.0 Å². The van der Waals surface area contributed by atoms with E-state index < -0.39 is 17.3 Å². The standard InChI is InChI=1S/C14H21N3O3S2/c15-14(13(19)20,7-10-8-16-9-17-10)12(18)4-2-1-3-11-5-6-21-22-11/h8-9,11H,1-7,15H2,(H,16,17)(H,19,20). The lowest BCUT2D eigenvalue weighted by molar-refractivity contribution is -0.148. The smallest absolute Gasteiger partial charge is 0.331 e. The number of Topliss-reactive ketones (excluding diaryl/α,β-unsaturated/α-hetero) is 1. The number of aromatic amines is 1. The Morgan fingerprint density at radius 2 is 2.32 bits per heavy atom. The van der Waals surface area contributed by atoms with Crippen LogP contribution in [0.2, 0.25) is 0 Å². The molecule has 0 aliphatic carbocycles. The fraction of sp³-hybridized carbons (Fsp3) is 0.643. The van der Waals surface area contributed by atoms with Gasteiger partial charge in [-0.05, 0) is 19.3 Å². The fourth-order valence-electron chi connectivity index (χ4n) is 2.42. The average Bonchev–Trinajstić information content (AvgIpc) is 3.16. The molecule has 0 amide bonds. The van der Waals surface area contributed by atoms with Gasteiger partial charge in [0.05, 0.1) is 6.33 Å². The maximum atomic E-state index is 12.3. The number of ketones is 1. The summed E-state index contributed by atoms with van der Waals surface area (Å²) in [6.45, 7) is 0. The van der Waals surface area contributed by atoms with Gasteiger partial charge in [0.25, 0.3) is 0 Å². The van der Waals surface area contributed by atoms with Gasteiger partial charge in [-0.25, -0.2) is 9.78 Å². The summed E-state index contributed by atoms with van der Waals surface area (Å²) < 4.78 is 0. The molecule has 6 nitrogen and oxygen atoms in total. The molecule has 2 rings (SSSR count). The summed E-state index contributed by atoms with van der Waals surface area (Å²) in [6, 6.07) is 0. The minimum atomic E-state index is -1.87. The SMILES string of the molecule is NC(Cc1cnc[nH]1)(C(=O)O)C(=O)CCCCC1CCSS1. The number of nitrogens with two attached hydrogens (primary N) is 1. The van der Waals surface area contributed by atoms with Gasteiger partial charge in [0.2, 0.25) is 0 Å². The highest BCUT2D eigenvalue weighted by atomic mass is 33.1. The van der Waals surface area contributed by atoms with Gasteiger partial charge in [-0.3, -0.25) is 4.79 Å². The van der Waals surface area contributed by atoms with E-state index in [0.717, 1.165) is 12.8 Å². The van der Waals surface area contributed by atoms with Crippen molar-refractivity contribution in [2.75, 3.05) is 5.75 Å². The number of H-pyrrole nitrogens is 1. The van der Waals surface area contributed by atoms with Gasteiger partial charge in [-0.2, -0.15) is 0 Å². The van der Waals surface area contributed by atoms with Crippen molar-refractivity contribution >= 4 is 33.3 Å². The summed E-state index contributed by atoms with van der Waals surface area (Å²) >= 11 is 0. The quantitative estimate of drug-likeness (QED) is 0.357. The monoisotopic (exact) mass is 343 g/mol. The van der Waals surface area contributed by atoms with Crippen molar-refractivity contribution in [3.05, 3.63) is 18.2 Å². The molecule has 0 saturated carbocycles. The summed E-state index contributed by atoms with van der Waals surface area (Å²) in [5.74, 6) is -0.499. The summed E-state index contributed by atoms with van der Waals surface area (Å²) in [5.41, 5.74) is 4.56. The molecule has 1 aliphatic heterocycles. The number of carbonyl (C=O) groups is 2. The second kappa shape index (κ2) is 8.03. The lowest BCUT2D eigenvalue weighted by atomic mass is 9.87. The molecule has 1 aromatic rings. The van der Waals surface area contributed by atoms with E-state index in [0.29, 0.717) is 17.4 Å². The second-order valence-corrected chi connectivity index (χ2v) is 8.32. The van der Waals surface area contributed by atoms with Crippen LogP contribution < -0.4 is 5.73 Å². The first-order chi connectivity index (χ1) is 10.5. The largest absolute Gasteiger partial charge is 0.480 e. The van der Waals surface area contributed by atoms with E-state index >= 15 is 0 Å². The van der Waals surface area contributed by atoms with Crippen LogP contribution in [0, 0.1) is 0 Å². The number of carbonyl (C=O) groups excluding carboxylic acids is 1. The average molecular weight is 343 g/mol. The van der Waals surface area contributed by atoms with Crippen molar-refractivity contribution in [3.8, 4) is 0 Å². The number of carboxylic acids is 1. The Labute approximate surface area is 137 Å². The topological polar surface area (TPSA) is 109 Å². The fourth-order valence-corrected chi connectivity index (χ4v) is 5.45. The molecule has 0 spiro atoms. The molecule has 0 aromatic carbocycles. The molecular weight excluding hydrogens is 322 g/mol. The molecule has 1 fully saturated rings. The predicted octanol–water partition coefficient (Wildman–Crippen LogP) is 2.02. The number of carboxylic acid groups (broad SMARTS) is 1. The van der Waals surface area contributed by atoms with Crippen molar-refractivity contribution in [2.24, 2.45) is 5.73 Å². The molecule has 0 radical (unpaired) electrons. The third kappa shape index (κ3) is 4.50. The highest BCUT2D eigenvalue weighted by Gasteiger charge is 2.41. The van der Waals surface area contributed by atoms with Gasteiger partial charge in [-0.15, -0.1) is 0 Å². The number of rotatable bonds is 9. The lowest BCUT2D eigenvalue weighted by Gasteiger charge is -2.22. The number of hydrogen-bond acceptors (Lipinski definition) is 6. The highest BCUT2D eigenvalue weighted by Crippen LogP contribution is 2.39. The summed E-state index contributed by atoms with van der Waals surface area (Å²) in [6.07, 6.45) is 7.01. The van der Waals surface area contributed by atoms with Crippen LogP contribution in [0.25, 0.3) is 0 Å². The molecule has 2 heterocycles. The Bertz CT molecular complexity index is 503. The second-order valence-electron chi connectivity index (χ2n) is 5.53. The number of nitrogens with zero attached hydrogens (tertiary/aromatic N) is 1. The maximum Gasteiger partial charge on any atom is 0.331 e. The predicted molar refractivity (Wildman–Crippen MR) is 88.8 cm³/mol. The van der Waals surface area contributed by atoms with Gasteiger partial charge < -0.3 is 15.8 Å². The Morgan fingerprint density at radius 1 is 1.50 bits per heavy atom. The Hall–Kier alpha value is -0.990. The zero-order chi connectivity index (χ0) is 16.0. The van der Waals surface area contributed by atoms with Crippen molar-refractivity contribution < 1.29 is 14.7 Å². The normalized spacial score (nSPS) is 20.7. The number of imidazole rings is 1. The molecule has 1 aliphatic rings. The van der Waals surface area contributed by atoms with Crippen LogP contribution in [0.5, 0.6) is 0 Å². The first-order valence-electron chi connectivity index (χ1n) is 7.33. The highest BCUT2D eigenvalue weighted by molar-refractivity contribution is 8.77. The molecule has 22 heavy (non-hydrogen) atoms. The van der Waals surface area contributed by atoms with Crippen molar-refractivity contribution in [1.29, 1.82) is 0 Å². The van der Waals surface area contributed by atoms with Crippen LogP contribution >= 0.6 is 21.6 Å². The Balaban J connectivity index is 1.82. The van der Waals surface area contributed by atoms with Crippen molar-refractivity contribution in [2.45, 2.75) is 49.3 Å². The van der Waals surface area contributed by atoms with Crippen LogP contribution in [0.3, 0.4) is 0 Å². The third-order valence-electron chi connectivity index (χ3n) is 3.81. The van der Waals surface area contributed by atoms with Crippen molar-refractivity contribution in [1.82, 2.24) is 9.97 Å². The van der Waals surface area contributed by atoms with E-state index in [2.05, 4.69) is 9.97 Å². The Kier molecular flexibility index (Phi) is 6.34. The van der Waals surface area contributed by atoms with E-state index in [1.807, 2.05) is 21.6 Å². The molecule has 122 valence electrons. The first kappa shape index (κ1) is 17.4. The molecule has 1 aromatic heterocycles. The number of hydrogen-bond donors (Lipinski definition) is 3. The van der Waals surface area contributed by atoms with Gasteiger partial charge in [0.1, 0.15) is 0 Å². The molecule has 8 heteroatoms. The minimum absolute atomic E-state index is 0.0592. The molecule has 0 bridgehead atoms. The Morgan fingerprint density at radius 3 is 2.91 bits per heavy atom. The molecule has 1 saturated heterocycles. The molecule has 2 unspecified atom stereocenters. The zero-order valence-corrected chi connectivity index (χ0v) is 13.9. The van der Waals surface area contributed by atoms with Gasteiger partial charge in [0.15, 0.2) is 11.3 Å². The summed E-state index contributed by atoms with van der Waals surface area (Å²) in [4.78, 5) is 30.3. The zero-order valence-electron chi connectivity index (χ0n) is 12.3.